The van der Waals surface area contributed by atoms with Crippen LogP contribution in [0.25, 0.3) is 11.3 Å². The lowest BCUT2D eigenvalue weighted by Crippen LogP contribution is -2.14. The number of thiazole rings is 1. The highest BCUT2D eigenvalue weighted by Gasteiger charge is 2.17. The van der Waals surface area contributed by atoms with Gasteiger partial charge < -0.3 is 4.57 Å². The van der Waals surface area contributed by atoms with Crippen molar-refractivity contribution in [2.45, 2.75) is 6.92 Å². The average molecular weight is 422 g/mol. The van der Waals surface area contributed by atoms with Crippen molar-refractivity contribution in [3.63, 3.8) is 0 Å². The Hall–Kier alpha value is -2.48. The fourth-order valence-electron chi connectivity index (χ4n) is 2.63. The highest BCUT2D eigenvalue weighted by Crippen LogP contribution is 2.26. The van der Waals surface area contributed by atoms with Crippen molar-refractivity contribution in [3.05, 3.63) is 77.9 Å². The molecule has 138 valence electrons. The Morgan fingerprint density at radius 1 is 1.19 bits per heavy atom. The van der Waals surface area contributed by atoms with Gasteiger partial charge in [0.25, 0.3) is 11.6 Å². The smallest absolute Gasteiger partial charge is 0.281 e. The molecule has 3 rings (SSSR count). The maximum Gasteiger partial charge on any atom is 0.281 e. The minimum atomic E-state index is -0.636. The summed E-state index contributed by atoms with van der Waals surface area (Å²) < 4.78 is 1.80. The van der Waals surface area contributed by atoms with Crippen LogP contribution in [-0.2, 0) is 7.05 Å². The van der Waals surface area contributed by atoms with Gasteiger partial charge in [-0.1, -0.05) is 35.3 Å². The Morgan fingerprint density at radius 2 is 1.85 bits per heavy atom. The quantitative estimate of drug-likeness (QED) is 0.439. The molecule has 3 aromatic rings. The molecule has 0 spiro atoms. The van der Waals surface area contributed by atoms with Crippen molar-refractivity contribution in [2.24, 2.45) is 12.0 Å². The van der Waals surface area contributed by atoms with Crippen LogP contribution in [0.2, 0.25) is 10.0 Å². The molecular formula is C18H13Cl2N3O3S. The summed E-state index contributed by atoms with van der Waals surface area (Å²) in [5, 5.41) is 11.7. The van der Waals surface area contributed by atoms with Gasteiger partial charge in [0.15, 0.2) is 4.80 Å². The molecule has 9 heteroatoms. The first kappa shape index (κ1) is 19.3. The number of aromatic nitrogens is 1. The first-order valence-corrected chi connectivity index (χ1v) is 9.30. The Bertz CT molecular complexity index is 1120. The summed E-state index contributed by atoms with van der Waals surface area (Å²) in [6, 6.07) is 11.1. The molecule has 0 N–H and O–H groups in total. The highest BCUT2D eigenvalue weighted by atomic mass is 35.5. The molecule has 0 saturated carbocycles. The molecular weight excluding hydrogens is 409 g/mol. The number of amides is 1. The van der Waals surface area contributed by atoms with Crippen molar-refractivity contribution in [1.82, 2.24) is 4.57 Å². The van der Waals surface area contributed by atoms with Crippen molar-refractivity contribution in [2.75, 3.05) is 0 Å². The molecule has 2 aromatic carbocycles. The second-order valence-electron chi connectivity index (χ2n) is 5.69. The standard InChI is InChI=1S/C18H13Cl2N3O3S/c1-10-16(11-3-5-12(19)6-4-11)22(2)18(27-10)21-17(24)14-9-13(23(25)26)7-8-15(14)20/h3-9H,1-2H3. The predicted octanol–water partition coefficient (Wildman–Crippen LogP) is 5.02. The van der Waals surface area contributed by atoms with Crippen LogP contribution >= 0.6 is 34.5 Å². The van der Waals surface area contributed by atoms with Crippen LogP contribution in [0.15, 0.2) is 47.5 Å². The maximum atomic E-state index is 12.6. The highest BCUT2D eigenvalue weighted by molar-refractivity contribution is 7.09. The van der Waals surface area contributed by atoms with E-state index in [4.69, 9.17) is 23.2 Å². The Kier molecular flexibility index (Phi) is 5.46. The van der Waals surface area contributed by atoms with E-state index >= 15 is 0 Å². The number of carbonyl (C=O) groups excluding carboxylic acids is 1. The Morgan fingerprint density at radius 3 is 2.48 bits per heavy atom. The van der Waals surface area contributed by atoms with E-state index in [9.17, 15) is 14.9 Å². The lowest BCUT2D eigenvalue weighted by molar-refractivity contribution is -0.384. The van der Waals surface area contributed by atoms with E-state index in [1.165, 1.54) is 23.5 Å². The normalized spacial score (nSPS) is 11.6. The molecule has 0 radical (unpaired) electrons. The zero-order valence-electron chi connectivity index (χ0n) is 14.3. The lowest BCUT2D eigenvalue weighted by Gasteiger charge is -2.05. The fourth-order valence-corrected chi connectivity index (χ4v) is 3.93. The molecule has 0 unspecified atom stereocenters. The number of hydrogen-bond acceptors (Lipinski definition) is 4. The van der Waals surface area contributed by atoms with Crippen LogP contribution in [0.1, 0.15) is 15.2 Å². The molecule has 1 aromatic heterocycles. The summed E-state index contributed by atoms with van der Waals surface area (Å²) in [4.78, 5) is 28.5. The van der Waals surface area contributed by atoms with Crippen molar-refractivity contribution in [3.8, 4) is 11.3 Å². The van der Waals surface area contributed by atoms with Crippen molar-refractivity contribution >= 4 is 46.1 Å². The second-order valence-corrected chi connectivity index (χ2v) is 7.72. The number of carbonyl (C=O) groups is 1. The van der Waals surface area contributed by atoms with Gasteiger partial charge in [-0.25, -0.2) is 0 Å². The van der Waals surface area contributed by atoms with Crippen LogP contribution < -0.4 is 4.80 Å². The van der Waals surface area contributed by atoms with Gasteiger partial charge in [0.05, 0.1) is 21.2 Å². The van der Waals surface area contributed by atoms with Gasteiger partial charge in [0, 0.05) is 29.1 Å². The third-order valence-electron chi connectivity index (χ3n) is 3.91. The van der Waals surface area contributed by atoms with Gasteiger partial charge in [-0.2, -0.15) is 4.99 Å². The summed E-state index contributed by atoms with van der Waals surface area (Å²) in [6.45, 7) is 1.93. The monoisotopic (exact) mass is 421 g/mol. The molecule has 6 nitrogen and oxygen atoms in total. The van der Waals surface area contributed by atoms with E-state index in [1.54, 1.807) is 23.7 Å². The largest absolute Gasteiger partial charge is 0.319 e. The van der Waals surface area contributed by atoms with Gasteiger partial charge >= 0.3 is 0 Å². The lowest BCUT2D eigenvalue weighted by atomic mass is 10.1. The number of non-ortho nitro benzene ring substituents is 1. The molecule has 27 heavy (non-hydrogen) atoms. The fraction of sp³-hybridized carbons (Fsp3) is 0.111. The summed E-state index contributed by atoms with van der Waals surface area (Å²) in [6.07, 6.45) is 0. The SMILES string of the molecule is Cc1sc(=NC(=O)c2cc([N+](=O)[O-])ccc2Cl)n(C)c1-c1ccc(Cl)cc1. The van der Waals surface area contributed by atoms with E-state index in [0.717, 1.165) is 22.2 Å². The van der Waals surface area contributed by atoms with E-state index in [0.29, 0.717) is 9.82 Å². The first-order valence-electron chi connectivity index (χ1n) is 7.73. The zero-order valence-corrected chi connectivity index (χ0v) is 16.6. The van der Waals surface area contributed by atoms with Gasteiger partial charge in [0.2, 0.25) is 0 Å². The molecule has 0 saturated heterocycles. The van der Waals surface area contributed by atoms with Crippen LogP contribution in [0.3, 0.4) is 0 Å². The van der Waals surface area contributed by atoms with Crippen LogP contribution in [0.4, 0.5) is 5.69 Å². The predicted molar refractivity (Wildman–Crippen MR) is 106 cm³/mol. The third kappa shape index (κ3) is 3.95. The van der Waals surface area contributed by atoms with E-state index in [-0.39, 0.29) is 16.3 Å². The van der Waals surface area contributed by atoms with Crippen LogP contribution in [0, 0.1) is 17.0 Å². The number of aryl methyl sites for hydroxylation is 1. The van der Waals surface area contributed by atoms with Gasteiger partial charge in [-0.15, -0.1) is 11.3 Å². The summed E-state index contributed by atoms with van der Waals surface area (Å²) in [5.41, 5.74) is 1.63. The summed E-state index contributed by atoms with van der Waals surface area (Å²) in [7, 11) is 1.80. The number of rotatable bonds is 3. The van der Waals surface area contributed by atoms with E-state index < -0.39 is 10.8 Å². The molecule has 0 aliphatic rings. The number of nitrogens with zero attached hydrogens (tertiary/aromatic N) is 3. The van der Waals surface area contributed by atoms with Gasteiger partial charge in [-0.05, 0) is 30.7 Å². The van der Waals surface area contributed by atoms with Crippen molar-refractivity contribution in [1.29, 1.82) is 0 Å². The Balaban J connectivity index is 2.07. The average Bonchev–Trinajstić information content (AvgIpc) is 2.89. The van der Waals surface area contributed by atoms with E-state index in [2.05, 4.69) is 4.99 Å². The molecule has 1 heterocycles. The maximum absolute atomic E-state index is 12.6. The van der Waals surface area contributed by atoms with E-state index in [1.807, 2.05) is 19.1 Å². The Labute approximate surface area is 168 Å². The minimum Gasteiger partial charge on any atom is -0.319 e. The zero-order chi connectivity index (χ0) is 19.7. The van der Waals surface area contributed by atoms with Crippen LogP contribution in [-0.4, -0.2) is 15.4 Å². The molecule has 0 bridgehead atoms. The van der Waals surface area contributed by atoms with Gasteiger partial charge in [-0.3, -0.25) is 14.9 Å². The summed E-state index contributed by atoms with van der Waals surface area (Å²) in [5.74, 6) is -0.636. The number of nitro groups is 1. The van der Waals surface area contributed by atoms with Crippen LogP contribution in [0.5, 0.6) is 0 Å². The third-order valence-corrected chi connectivity index (χ3v) is 5.54. The number of benzene rings is 2. The minimum absolute atomic E-state index is 0.00929. The van der Waals surface area contributed by atoms with Crippen molar-refractivity contribution < 1.29 is 9.72 Å². The first-order chi connectivity index (χ1) is 12.8. The molecule has 0 atom stereocenters. The number of hydrogen-bond donors (Lipinski definition) is 0. The molecule has 0 aliphatic heterocycles. The summed E-state index contributed by atoms with van der Waals surface area (Å²) >= 11 is 13.3. The number of nitro benzene ring substituents is 1. The molecule has 1 amide bonds. The topological polar surface area (TPSA) is 77.5 Å². The van der Waals surface area contributed by atoms with Gasteiger partial charge in [0.1, 0.15) is 0 Å². The number of halogens is 2. The second kappa shape index (κ2) is 7.64. The molecule has 0 aliphatic carbocycles. The molecule has 0 fully saturated rings.